The molecule has 170 valence electrons. The van der Waals surface area contributed by atoms with Gasteiger partial charge in [-0.2, -0.15) is 5.10 Å². The molecule has 2 aromatic rings. The van der Waals surface area contributed by atoms with Gasteiger partial charge in [-0.25, -0.2) is 5.01 Å². The summed E-state index contributed by atoms with van der Waals surface area (Å²) in [4.78, 5) is 29.1. The van der Waals surface area contributed by atoms with Crippen LogP contribution in [0.1, 0.15) is 42.2 Å². The second kappa shape index (κ2) is 10.3. The first-order chi connectivity index (χ1) is 15.6. The molecule has 0 N–H and O–H groups in total. The van der Waals surface area contributed by atoms with Crippen molar-refractivity contribution in [1.82, 2.24) is 9.91 Å². The number of hydrogen-bond acceptors (Lipinski definition) is 6. The summed E-state index contributed by atoms with van der Waals surface area (Å²) in [6.45, 7) is 0.781. The van der Waals surface area contributed by atoms with Crippen LogP contribution in [-0.2, 0) is 14.3 Å². The topological polar surface area (TPSA) is 71.4 Å². The van der Waals surface area contributed by atoms with Gasteiger partial charge >= 0.3 is 0 Å². The van der Waals surface area contributed by atoms with Crippen LogP contribution in [-0.4, -0.2) is 61.4 Å². The van der Waals surface area contributed by atoms with E-state index in [1.54, 1.807) is 35.5 Å². The number of amides is 2. The van der Waals surface area contributed by atoms with Crippen molar-refractivity contribution in [2.24, 2.45) is 11.0 Å². The zero-order valence-electron chi connectivity index (χ0n) is 18.5. The zero-order valence-corrected chi connectivity index (χ0v) is 19.3. The van der Waals surface area contributed by atoms with Crippen LogP contribution >= 0.6 is 11.3 Å². The summed E-state index contributed by atoms with van der Waals surface area (Å²) >= 11 is 1.60. The van der Waals surface area contributed by atoms with Crippen LogP contribution in [0.4, 0.5) is 0 Å². The van der Waals surface area contributed by atoms with Gasteiger partial charge in [0.1, 0.15) is 12.3 Å². The van der Waals surface area contributed by atoms with Gasteiger partial charge in [-0.1, -0.05) is 30.7 Å². The Hall–Kier alpha value is -2.71. The van der Waals surface area contributed by atoms with Crippen molar-refractivity contribution in [2.45, 2.75) is 31.7 Å². The molecule has 1 atom stereocenters. The Balaban J connectivity index is 1.60. The molecule has 0 bridgehead atoms. The molecule has 1 aliphatic heterocycles. The van der Waals surface area contributed by atoms with E-state index < -0.39 is 0 Å². The predicted octanol–water partition coefficient (Wildman–Crippen LogP) is 3.71. The minimum Gasteiger partial charge on any atom is -0.496 e. The van der Waals surface area contributed by atoms with E-state index in [-0.39, 0.29) is 30.3 Å². The van der Waals surface area contributed by atoms with Crippen molar-refractivity contribution < 1.29 is 19.1 Å². The lowest BCUT2D eigenvalue weighted by Gasteiger charge is -2.32. The smallest absolute Gasteiger partial charge is 0.262 e. The van der Waals surface area contributed by atoms with E-state index in [1.165, 1.54) is 0 Å². The summed E-state index contributed by atoms with van der Waals surface area (Å²) in [5, 5.41) is 8.27. The number of para-hydroxylation sites is 1. The van der Waals surface area contributed by atoms with Gasteiger partial charge < -0.3 is 14.4 Å². The predicted molar refractivity (Wildman–Crippen MR) is 124 cm³/mol. The molecule has 1 aromatic heterocycles. The van der Waals surface area contributed by atoms with Gasteiger partial charge in [-0.15, -0.1) is 11.3 Å². The van der Waals surface area contributed by atoms with E-state index in [0.29, 0.717) is 19.6 Å². The Bertz CT molecular complexity index is 971. The van der Waals surface area contributed by atoms with Gasteiger partial charge in [-0.3, -0.25) is 9.59 Å². The second-order valence-corrected chi connectivity index (χ2v) is 9.05. The SMILES string of the molecule is COCCN(CC(=O)N1N=C(c2cccs2)C[C@H]1c1ccccc1OC)C(=O)C1CCC1. The number of thiophene rings is 1. The molecule has 8 heteroatoms. The third kappa shape index (κ3) is 4.71. The van der Waals surface area contributed by atoms with Crippen LogP contribution in [0, 0.1) is 5.92 Å². The average molecular weight is 456 g/mol. The molecule has 1 aromatic carbocycles. The molecule has 2 heterocycles. The summed E-state index contributed by atoms with van der Waals surface area (Å²) in [6, 6.07) is 11.4. The highest BCUT2D eigenvalue weighted by Gasteiger charge is 2.37. The van der Waals surface area contributed by atoms with Gasteiger partial charge in [0.05, 0.1) is 30.3 Å². The molecule has 4 rings (SSSR count). The van der Waals surface area contributed by atoms with Gasteiger partial charge in [0, 0.05) is 31.6 Å². The maximum absolute atomic E-state index is 13.5. The highest BCUT2D eigenvalue weighted by molar-refractivity contribution is 7.12. The van der Waals surface area contributed by atoms with Crippen LogP contribution < -0.4 is 4.74 Å². The molecular weight excluding hydrogens is 426 g/mol. The van der Waals surface area contributed by atoms with Crippen molar-refractivity contribution in [3.8, 4) is 5.75 Å². The molecule has 0 spiro atoms. The maximum atomic E-state index is 13.5. The van der Waals surface area contributed by atoms with Crippen LogP contribution in [0.15, 0.2) is 46.9 Å². The summed E-state index contributed by atoms with van der Waals surface area (Å²) < 4.78 is 10.8. The van der Waals surface area contributed by atoms with Gasteiger partial charge in [0.25, 0.3) is 5.91 Å². The van der Waals surface area contributed by atoms with Crippen LogP contribution in [0.2, 0.25) is 0 Å². The Morgan fingerprint density at radius 1 is 1.19 bits per heavy atom. The molecule has 1 aliphatic carbocycles. The van der Waals surface area contributed by atoms with Crippen LogP contribution in [0.5, 0.6) is 5.75 Å². The molecule has 0 saturated heterocycles. The number of hydrazone groups is 1. The number of hydrogen-bond donors (Lipinski definition) is 0. The van der Waals surface area contributed by atoms with Crippen molar-refractivity contribution in [3.05, 3.63) is 52.2 Å². The molecule has 2 aliphatic rings. The third-order valence-corrected chi connectivity index (χ3v) is 7.05. The van der Waals surface area contributed by atoms with Gasteiger partial charge in [0.15, 0.2) is 0 Å². The summed E-state index contributed by atoms with van der Waals surface area (Å²) in [5.41, 5.74) is 1.78. The zero-order chi connectivity index (χ0) is 22.5. The average Bonchev–Trinajstić information content (AvgIpc) is 3.45. The van der Waals surface area contributed by atoms with Crippen LogP contribution in [0.25, 0.3) is 0 Å². The minimum atomic E-state index is -0.279. The molecule has 7 nitrogen and oxygen atoms in total. The largest absolute Gasteiger partial charge is 0.496 e. The Morgan fingerprint density at radius 3 is 2.66 bits per heavy atom. The fourth-order valence-electron chi connectivity index (χ4n) is 4.13. The van der Waals surface area contributed by atoms with E-state index >= 15 is 0 Å². The molecular formula is C24H29N3O4S. The highest BCUT2D eigenvalue weighted by Crippen LogP contribution is 2.38. The molecule has 1 fully saturated rings. The molecule has 2 amide bonds. The highest BCUT2D eigenvalue weighted by atomic mass is 32.1. The lowest BCUT2D eigenvalue weighted by atomic mass is 9.84. The summed E-state index contributed by atoms with van der Waals surface area (Å²) in [6.07, 6.45) is 3.45. The second-order valence-electron chi connectivity index (χ2n) is 8.10. The Kier molecular flexibility index (Phi) is 7.22. The number of ether oxygens (including phenoxy) is 2. The lowest BCUT2D eigenvalue weighted by Crippen LogP contribution is -2.46. The number of nitrogens with zero attached hydrogens (tertiary/aromatic N) is 3. The van der Waals surface area contributed by atoms with E-state index in [1.807, 2.05) is 41.8 Å². The van der Waals surface area contributed by atoms with Crippen molar-refractivity contribution >= 4 is 28.9 Å². The van der Waals surface area contributed by atoms with Gasteiger partial charge in [0.2, 0.25) is 5.91 Å². The van der Waals surface area contributed by atoms with Crippen LogP contribution in [0.3, 0.4) is 0 Å². The lowest BCUT2D eigenvalue weighted by molar-refractivity contribution is -0.146. The van der Waals surface area contributed by atoms with E-state index in [2.05, 4.69) is 0 Å². The summed E-state index contributed by atoms with van der Waals surface area (Å²) in [5.74, 6) is 0.585. The first-order valence-electron chi connectivity index (χ1n) is 11.0. The van der Waals surface area contributed by atoms with E-state index in [4.69, 9.17) is 14.6 Å². The molecule has 32 heavy (non-hydrogen) atoms. The number of methoxy groups -OCH3 is 2. The van der Waals surface area contributed by atoms with E-state index in [9.17, 15) is 9.59 Å². The van der Waals surface area contributed by atoms with E-state index in [0.717, 1.165) is 41.2 Å². The monoisotopic (exact) mass is 455 g/mol. The number of carbonyl (C=O) groups excluding carboxylic acids is 2. The third-order valence-electron chi connectivity index (χ3n) is 6.13. The minimum absolute atomic E-state index is 0.00837. The van der Waals surface area contributed by atoms with Crippen molar-refractivity contribution in [2.75, 3.05) is 33.9 Å². The Labute approximate surface area is 192 Å². The molecule has 0 radical (unpaired) electrons. The maximum Gasteiger partial charge on any atom is 0.262 e. The van der Waals surface area contributed by atoms with Gasteiger partial charge in [-0.05, 0) is 30.4 Å². The first-order valence-corrected chi connectivity index (χ1v) is 11.8. The van der Waals surface area contributed by atoms with Crippen molar-refractivity contribution in [3.63, 3.8) is 0 Å². The Morgan fingerprint density at radius 2 is 2.00 bits per heavy atom. The first kappa shape index (κ1) is 22.5. The quantitative estimate of drug-likeness (QED) is 0.578. The fraction of sp³-hybridized carbons (Fsp3) is 0.458. The molecule has 0 unspecified atom stereocenters. The fourth-order valence-corrected chi connectivity index (χ4v) is 4.85. The normalized spacial score (nSPS) is 18.2. The number of benzene rings is 1. The number of rotatable bonds is 9. The molecule has 1 saturated carbocycles. The number of carbonyl (C=O) groups is 2. The summed E-state index contributed by atoms with van der Waals surface area (Å²) in [7, 11) is 3.23. The standard InChI is InChI=1S/C24H29N3O4S/c1-30-13-12-26(24(29)17-7-5-8-17)16-23(28)27-20(18-9-3-4-10-21(18)31-2)15-19(25-27)22-11-6-14-32-22/h3-4,6,9-11,14,17,20H,5,7-8,12-13,15-16H2,1-2H3/t20-/m0/s1. The van der Waals surface area contributed by atoms with Crippen molar-refractivity contribution in [1.29, 1.82) is 0 Å².